The van der Waals surface area contributed by atoms with E-state index in [1.54, 1.807) is 13.0 Å². The predicted molar refractivity (Wildman–Crippen MR) is 86.3 cm³/mol. The minimum atomic E-state index is -2.87. The van der Waals surface area contributed by atoms with Crippen molar-refractivity contribution in [3.05, 3.63) is 23.8 Å². The van der Waals surface area contributed by atoms with Gasteiger partial charge in [0.2, 0.25) is 5.92 Å². The predicted octanol–water partition coefficient (Wildman–Crippen LogP) is 1.74. The molecule has 25 heavy (non-hydrogen) atoms. The molecule has 4 N–H and O–H groups in total. The maximum absolute atomic E-state index is 13.2. The number of amides is 1. The molecule has 0 aromatic carbocycles. The van der Waals surface area contributed by atoms with Crippen molar-refractivity contribution < 1.29 is 13.6 Å². The number of fused-ring (bicyclic) bond motifs is 1. The number of halogens is 2. The molecule has 132 valence electrons. The number of hydrogen-bond donors (Lipinski definition) is 3. The van der Waals surface area contributed by atoms with Crippen LogP contribution in [0.25, 0.3) is 11.0 Å². The maximum atomic E-state index is 13.2. The van der Waals surface area contributed by atoms with Crippen LogP contribution in [0.15, 0.2) is 12.4 Å². The largest absolute Gasteiger partial charge is 0.383 e. The molecule has 1 amide bonds. The van der Waals surface area contributed by atoms with Crippen LogP contribution in [0.4, 0.5) is 20.4 Å². The van der Waals surface area contributed by atoms with Crippen LogP contribution in [0.1, 0.15) is 29.5 Å². The number of nitrogens with zero attached hydrogens (tertiary/aromatic N) is 5. The molecule has 0 radical (unpaired) electrons. The van der Waals surface area contributed by atoms with Crippen molar-refractivity contribution in [3.8, 4) is 0 Å². The Morgan fingerprint density at radius 2 is 2.20 bits per heavy atom. The lowest BCUT2D eigenvalue weighted by atomic mass is 10.2. The number of rotatable bonds is 5. The van der Waals surface area contributed by atoms with Gasteiger partial charge in [-0.15, -0.1) is 0 Å². The normalized spacial score (nSPS) is 11.8. The summed E-state index contributed by atoms with van der Waals surface area (Å²) < 4.78 is 27.5. The Bertz CT molecular complexity index is 927. The van der Waals surface area contributed by atoms with Crippen LogP contribution in [-0.4, -0.2) is 41.8 Å². The average molecular weight is 350 g/mol. The monoisotopic (exact) mass is 350 g/mol. The van der Waals surface area contributed by atoms with Gasteiger partial charge in [0.25, 0.3) is 5.91 Å². The van der Waals surface area contributed by atoms with Crippen molar-refractivity contribution in [1.29, 1.82) is 0 Å². The Morgan fingerprint density at radius 3 is 2.84 bits per heavy atom. The van der Waals surface area contributed by atoms with E-state index in [1.807, 2.05) is 0 Å². The first-order valence-corrected chi connectivity index (χ1v) is 7.43. The lowest BCUT2D eigenvalue weighted by Crippen LogP contribution is -2.16. The van der Waals surface area contributed by atoms with Crippen LogP contribution in [-0.2, 0) is 6.54 Å². The SMILES string of the molecule is Cc1cc(NC(=O)c2nn(CCC(C)(F)F)c3ncnc(N)c23)n[nH]1. The highest BCUT2D eigenvalue weighted by Crippen LogP contribution is 2.24. The van der Waals surface area contributed by atoms with Gasteiger partial charge in [0.1, 0.15) is 12.1 Å². The minimum absolute atomic E-state index is 0.0443. The summed E-state index contributed by atoms with van der Waals surface area (Å²) in [6, 6.07) is 1.63. The van der Waals surface area contributed by atoms with Gasteiger partial charge in [-0.2, -0.15) is 10.2 Å². The Labute approximate surface area is 140 Å². The van der Waals surface area contributed by atoms with Gasteiger partial charge in [-0.3, -0.25) is 9.89 Å². The molecule has 0 saturated carbocycles. The van der Waals surface area contributed by atoms with Crippen LogP contribution >= 0.6 is 0 Å². The molecule has 0 atom stereocenters. The molecular formula is C14H16F2N8O. The number of hydrogen-bond acceptors (Lipinski definition) is 6. The Morgan fingerprint density at radius 1 is 1.44 bits per heavy atom. The first-order valence-electron chi connectivity index (χ1n) is 7.43. The number of anilines is 2. The Balaban J connectivity index is 1.98. The van der Waals surface area contributed by atoms with Gasteiger partial charge in [-0.1, -0.05) is 0 Å². The summed E-state index contributed by atoms with van der Waals surface area (Å²) in [6.45, 7) is 2.48. The number of carbonyl (C=O) groups excluding carboxylic acids is 1. The third-order valence-corrected chi connectivity index (χ3v) is 3.48. The van der Waals surface area contributed by atoms with E-state index in [9.17, 15) is 13.6 Å². The number of nitrogen functional groups attached to an aromatic ring is 1. The zero-order chi connectivity index (χ0) is 18.2. The highest BCUT2D eigenvalue weighted by Gasteiger charge is 2.25. The molecule has 0 aliphatic carbocycles. The summed E-state index contributed by atoms with van der Waals surface area (Å²) in [7, 11) is 0. The van der Waals surface area contributed by atoms with Crippen LogP contribution < -0.4 is 11.1 Å². The number of nitrogens with one attached hydrogen (secondary N) is 2. The van der Waals surface area contributed by atoms with Gasteiger partial charge in [0, 0.05) is 24.7 Å². The first kappa shape index (κ1) is 16.7. The van der Waals surface area contributed by atoms with Crippen LogP contribution in [0, 0.1) is 6.92 Å². The van der Waals surface area contributed by atoms with Crippen molar-refractivity contribution in [1.82, 2.24) is 29.9 Å². The molecule has 0 saturated heterocycles. The van der Waals surface area contributed by atoms with Gasteiger partial charge in [0.05, 0.1) is 5.39 Å². The van der Waals surface area contributed by atoms with Crippen molar-refractivity contribution in [2.24, 2.45) is 0 Å². The molecule has 0 aliphatic heterocycles. The number of nitrogens with two attached hydrogens (primary N) is 1. The summed E-state index contributed by atoms with van der Waals surface area (Å²) in [5.41, 5.74) is 6.77. The number of carbonyl (C=O) groups is 1. The molecule has 0 fully saturated rings. The molecule has 3 aromatic rings. The lowest BCUT2D eigenvalue weighted by molar-refractivity contribution is 0.00809. The average Bonchev–Trinajstić information content (AvgIpc) is 3.09. The molecule has 3 heterocycles. The standard InChI is InChI=1S/C14H16F2N8O/c1-7-5-8(22-21-7)20-13(25)10-9-11(17)18-6-19-12(9)24(23-10)4-3-14(2,15)16/h5-6H,3-4H2,1-2H3,(H2,17,18,19)(H2,20,21,22,25). The van der Waals surface area contributed by atoms with E-state index < -0.39 is 18.3 Å². The minimum Gasteiger partial charge on any atom is -0.383 e. The Hall–Kier alpha value is -3.11. The van der Waals surface area contributed by atoms with Crippen LogP contribution in [0.3, 0.4) is 0 Å². The van der Waals surface area contributed by atoms with Gasteiger partial charge in [-0.05, 0) is 13.8 Å². The molecule has 3 aromatic heterocycles. The van der Waals surface area contributed by atoms with Gasteiger partial charge < -0.3 is 11.1 Å². The third kappa shape index (κ3) is 3.54. The second-order valence-corrected chi connectivity index (χ2v) is 5.74. The summed E-state index contributed by atoms with van der Waals surface area (Å²) >= 11 is 0. The number of alkyl halides is 2. The van der Waals surface area contributed by atoms with E-state index in [1.165, 1.54) is 11.0 Å². The zero-order valence-corrected chi connectivity index (χ0v) is 13.5. The molecule has 0 spiro atoms. The van der Waals surface area contributed by atoms with Crippen molar-refractivity contribution >= 4 is 28.6 Å². The van der Waals surface area contributed by atoms with Crippen LogP contribution in [0.2, 0.25) is 0 Å². The Kier molecular flexibility index (Phi) is 4.07. The van der Waals surface area contributed by atoms with E-state index in [0.717, 1.165) is 12.6 Å². The van der Waals surface area contributed by atoms with Gasteiger partial charge >= 0.3 is 0 Å². The van der Waals surface area contributed by atoms with Crippen molar-refractivity contribution in [2.75, 3.05) is 11.1 Å². The lowest BCUT2D eigenvalue weighted by Gasteiger charge is -2.09. The van der Waals surface area contributed by atoms with E-state index in [0.29, 0.717) is 5.82 Å². The molecular weight excluding hydrogens is 334 g/mol. The summed E-state index contributed by atoms with van der Waals surface area (Å²) in [5.74, 6) is -3.10. The second-order valence-electron chi connectivity index (χ2n) is 5.74. The molecule has 9 nitrogen and oxygen atoms in total. The van der Waals surface area contributed by atoms with Crippen molar-refractivity contribution in [2.45, 2.75) is 32.7 Å². The number of aromatic nitrogens is 6. The molecule has 3 rings (SSSR count). The highest BCUT2D eigenvalue weighted by molar-refractivity contribution is 6.12. The molecule has 0 aliphatic rings. The van der Waals surface area contributed by atoms with E-state index in [2.05, 4.69) is 30.6 Å². The fourth-order valence-corrected chi connectivity index (χ4v) is 2.31. The van der Waals surface area contributed by atoms with E-state index in [4.69, 9.17) is 5.73 Å². The topological polar surface area (TPSA) is 127 Å². The number of aryl methyl sites for hydroxylation is 2. The number of H-pyrrole nitrogens is 1. The number of aromatic amines is 1. The van der Waals surface area contributed by atoms with Gasteiger partial charge in [-0.25, -0.2) is 23.4 Å². The van der Waals surface area contributed by atoms with Crippen LogP contribution in [0.5, 0.6) is 0 Å². The van der Waals surface area contributed by atoms with Gasteiger partial charge in [0.15, 0.2) is 17.2 Å². The zero-order valence-electron chi connectivity index (χ0n) is 13.5. The smallest absolute Gasteiger partial charge is 0.278 e. The summed E-state index contributed by atoms with van der Waals surface area (Å²) in [5, 5.41) is 13.5. The fraction of sp³-hybridized carbons (Fsp3) is 0.357. The third-order valence-electron chi connectivity index (χ3n) is 3.48. The van der Waals surface area contributed by atoms with Crippen molar-refractivity contribution in [3.63, 3.8) is 0 Å². The highest BCUT2D eigenvalue weighted by atomic mass is 19.3. The van der Waals surface area contributed by atoms with E-state index in [-0.39, 0.29) is 29.1 Å². The fourth-order valence-electron chi connectivity index (χ4n) is 2.31. The summed E-state index contributed by atoms with van der Waals surface area (Å²) in [6.07, 6.45) is 0.742. The summed E-state index contributed by atoms with van der Waals surface area (Å²) in [4.78, 5) is 20.4. The molecule has 0 unspecified atom stereocenters. The quantitative estimate of drug-likeness (QED) is 0.643. The maximum Gasteiger partial charge on any atom is 0.278 e. The molecule has 11 heteroatoms. The first-order chi connectivity index (χ1) is 11.7. The molecule has 0 bridgehead atoms. The second kappa shape index (κ2) is 6.07. The van der Waals surface area contributed by atoms with E-state index >= 15 is 0 Å².